The number of ether oxygens (including phenoxy) is 1. The highest BCUT2D eigenvalue weighted by molar-refractivity contribution is 7.92. The van der Waals surface area contributed by atoms with Gasteiger partial charge < -0.3 is 10.1 Å². The summed E-state index contributed by atoms with van der Waals surface area (Å²) in [5, 5.41) is 3.12. The van der Waals surface area contributed by atoms with Crippen LogP contribution in [-0.4, -0.2) is 27.0 Å². The van der Waals surface area contributed by atoms with E-state index in [-0.39, 0.29) is 11.4 Å². The Bertz CT molecular complexity index is 1520. The van der Waals surface area contributed by atoms with Gasteiger partial charge in [0.05, 0.1) is 23.2 Å². The SMILES string of the molecule is Cc1ccc(S(=O)(=O)N2CC(C(=O)NC(c3ccccc3)c3ccccc3C)Oc3ccccc32)cc1. The predicted molar refractivity (Wildman–Crippen MR) is 144 cm³/mol. The topological polar surface area (TPSA) is 75.7 Å². The van der Waals surface area contributed by atoms with Crippen LogP contribution in [-0.2, 0) is 14.8 Å². The first-order chi connectivity index (χ1) is 17.8. The summed E-state index contributed by atoms with van der Waals surface area (Å²) in [6.07, 6.45) is -1.04. The van der Waals surface area contributed by atoms with Crippen molar-refractivity contribution in [1.29, 1.82) is 0 Å². The first-order valence-electron chi connectivity index (χ1n) is 12.1. The molecule has 37 heavy (non-hydrogen) atoms. The Morgan fingerprint density at radius 1 is 0.865 bits per heavy atom. The lowest BCUT2D eigenvalue weighted by molar-refractivity contribution is -0.128. The molecule has 1 heterocycles. The van der Waals surface area contributed by atoms with Crippen LogP contribution in [0.15, 0.2) is 108 Å². The van der Waals surface area contributed by atoms with Crippen molar-refractivity contribution in [3.63, 3.8) is 0 Å². The molecule has 1 amide bonds. The van der Waals surface area contributed by atoms with Crippen molar-refractivity contribution >= 4 is 21.6 Å². The Kier molecular flexibility index (Phi) is 6.72. The number of hydrogen-bond acceptors (Lipinski definition) is 4. The number of carbonyl (C=O) groups excluding carboxylic acids is 1. The summed E-state index contributed by atoms with van der Waals surface area (Å²) in [5.41, 5.74) is 4.29. The number of nitrogens with one attached hydrogen (secondary N) is 1. The minimum absolute atomic E-state index is 0.145. The molecule has 0 aromatic heterocycles. The lowest BCUT2D eigenvalue weighted by Crippen LogP contribution is -2.51. The van der Waals surface area contributed by atoms with E-state index in [0.717, 1.165) is 22.3 Å². The second-order valence-electron chi connectivity index (χ2n) is 9.13. The quantitative estimate of drug-likeness (QED) is 0.387. The van der Waals surface area contributed by atoms with Gasteiger partial charge in [0.15, 0.2) is 6.10 Å². The Hall–Kier alpha value is -4.10. The third kappa shape index (κ3) is 4.95. The van der Waals surface area contributed by atoms with E-state index in [1.54, 1.807) is 48.5 Å². The molecule has 1 aliphatic heterocycles. The average molecular weight is 513 g/mol. The molecule has 0 bridgehead atoms. The van der Waals surface area contributed by atoms with Crippen LogP contribution < -0.4 is 14.4 Å². The molecule has 5 rings (SSSR count). The lowest BCUT2D eigenvalue weighted by Gasteiger charge is -2.35. The summed E-state index contributed by atoms with van der Waals surface area (Å²) in [6, 6.07) is 30.7. The van der Waals surface area contributed by atoms with Gasteiger partial charge in [-0.05, 0) is 54.8 Å². The molecule has 7 heteroatoms. The fourth-order valence-electron chi connectivity index (χ4n) is 4.54. The van der Waals surface area contributed by atoms with E-state index in [0.29, 0.717) is 11.4 Å². The van der Waals surface area contributed by atoms with Gasteiger partial charge >= 0.3 is 0 Å². The standard InChI is InChI=1S/C30H28N2O4S/c1-21-16-18-24(19-17-21)37(34,35)32-20-28(36-27-15-9-8-14-26(27)32)30(33)31-29(23-11-4-3-5-12-23)25-13-7-6-10-22(25)2/h3-19,28-29H,20H2,1-2H3,(H,31,33). The van der Waals surface area contributed by atoms with Crippen molar-refractivity contribution in [2.75, 3.05) is 10.8 Å². The summed E-state index contributed by atoms with van der Waals surface area (Å²) < 4.78 is 34.7. The average Bonchev–Trinajstić information content (AvgIpc) is 2.92. The molecule has 4 aromatic rings. The third-order valence-electron chi connectivity index (χ3n) is 6.56. The van der Waals surface area contributed by atoms with Crippen LogP contribution in [0.2, 0.25) is 0 Å². The zero-order valence-electron chi connectivity index (χ0n) is 20.7. The lowest BCUT2D eigenvalue weighted by atomic mass is 9.94. The normalized spacial score (nSPS) is 15.8. The number of sulfonamides is 1. The molecule has 188 valence electrons. The highest BCUT2D eigenvalue weighted by Crippen LogP contribution is 2.37. The number of para-hydroxylation sites is 2. The first-order valence-corrected chi connectivity index (χ1v) is 13.5. The minimum Gasteiger partial charge on any atom is -0.476 e. The maximum Gasteiger partial charge on any atom is 0.264 e. The monoisotopic (exact) mass is 512 g/mol. The molecule has 1 N–H and O–H groups in total. The van der Waals surface area contributed by atoms with Gasteiger partial charge in [0.2, 0.25) is 0 Å². The summed E-state index contributed by atoms with van der Waals surface area (Å²) in [4.78, 5) is 13.8. The number of hydrogen-bond donors (Lipinski definition) is 1. The maximum absolute atomic E-state index is 13.7. The number of carbonyl (C=O) groups is 1. The number of nitrogens with zero attached hydrogens (tertiary/aromatic N) is 1. The maximum atomic E-state index is 13.7. The second-order valence-corrected chi connectivity index (χ2v) is 11.0. The Morgan fingerprint density at radius 3 is 2.24 bits per heavy atom. The first kappa shape index (κ1) is 24.6. The van der Waals surface area contributed by atoms with E-state index in [4.69, 9.17) is 4.74 Å². The predicted octanol–water partition coefficient (Wildman–Crippen LogP) is 5.17. The van der Waals surface area contributed by atoms with Crippen LogP contribution in [0.1, 0.15) is 28.3 Å². The van der Waals surface area contributed by atoms with E-state index in [1.165, 1.54) is 4.31 Å². The molecule has 0 saturated heterocycles. The molecule has 0 aliphatic carbocycles. The number of anilines is 1. The van der Waals surface area contributed by atoms with Gasteiger partial charge in [-0.15, -0.1) is 0 Å². The van der Waals surface area contributed by atoms with Gasteiger partial charge in [-0.2, -0.15) is 0 Å². The van der Waals surface area contributed by atoms with Crippen LogP contribution in [0.5, 0.6) is 5.75 Å². The number of benzene rings is 4. The number of fused-ring (bicyclic) bond motifs is 1. The van der Waals surface area contributed by atoms with Crippen molar-refractivity contribution in [3.05, 3.63) is 125 Å². The van der Waals surface area contributed by atoms with Crippen molar-refractivity contribution in [3.8, 4) is 5.75 Å². The molecule has 2 unspecified atom stereocenters. The Morgan fingerprint density at radius 2 is 1.51 bits per heavy atom. The van der Waals surface area contributed by atoms with Crippen LogP contribution in [0.3, 0.4) is 0 Å². The molecule has 0 fully saturated rings. The minimum atomic E-state index is -3.92. The highest BCUT2D eigenvalue weighted by atomic mass is 32.2. The summed E-state index contributed by atoms with van der Waals surface area (Å²) in [7, 11) is -3.92. The van der Waals surface area contributed by atoms with Crippen LogP contribution in [0.25, 0.3) is 0 Å². The van der Waals surface area contributed by atoms with Gasteiger partial charge in [0.1, 0.15) is 5.75 Å². The van der Waals surface area contributed by atoms with E-state index >= 15 is 0 Å². The summed E-state index contributed by atoms with van der Waals surface area (Å²) >= 11 is 0. The number of rotatable bonds is 6. The second kappa shape index (κ2) is 10.1. The van der Waals surface area contributed by atoms with E-state index < -0.39 is 28.1 Å². The van der Waals surface area contributed by atoms with E-state index in [9.17, 15) is 13.2 Å². The van der Waals surface area contributed by atoms with Gasteiger partial charge in [-0.3, -0.25) is 9.10 Å². The molecule has 2 atom stereocenters. The molecular weight excluding hydrogens is 484 g/mol. The summed E-state index contributed by atoms with van der Waals surface area (Å²) in [6.45, 7) is 3.76. The van der Waals surface area contributed by atoms with Crippen LogP contribution in [0, 0.1) is 13.8 Å². The molecular formula is C30H28N2O4S. The molecule has 0 spiro atoms. The molecule has 1 aliphatic rings. The zero-order chi connectivity index (χ0) is 26.0. The summed E-state index contributed by atoms with van der Waals surface area (Å²) in [5.74, 6) is -0.0487. The Balaban J connectivity index is 1.49. The number of amides is 1. The van der Waals surface area contributed by atoms with Crippen molar-refractivity contribution in [2.24, 2.45) is 0 Å². The number of aryl methyl sites for hydroxylation is 2. The molecule has 0 radical (unpaired) electrons. The van der Waals surface area contributed by atoms with Crippen LogP contribution >= 0.6 is 0 Å². The van der Waals surface area contributed by atoms with E-state index in [1.807, 2.05) is 68.4 Å². The smallest absolute Gasteiger partial charge is 0.264 e. The van der Waals surface area contributed by atoms with Gasteiger partial charge in [0, 0.05) is 0 Å². The fourth-order valence-corrected chi connectivity index (χ4v) is 6.01. The highest BCUT2D eigenvalue weighted by Gasteiger charge is 2.38. The van der Waals surface area contributed by atoms with E-state index in [2.05, 4.69) is 5.32 Å². The van der Waals surface area contributed by atoms with Gasteiger partial charge in [0.25, 0.3) is 15.9 Å². The fraction of sp³-hybridized carbons (Fsp3) is 0.167. The molecule has 4 aromatic carbocycles. The van der Waals surface area contributed by atoms with Crippen LogP contribution in [0.4, 0.5) is 5.69 Å². The van der Waals surface area contributed by atoms with Crippen molar-refractivity contribution < 1.29 is 17.9 Å². The van der Waals surface area contributed by atoms with Crippen molar-refractivity contribution in [2.45, 2.75) is 30.9 Å². The molecule has 0 saturated carbocycles. The van der Waals surface area contributed by atoms with Crippen molar-refractivity contribution in [1.82, 2.24) is 5.32 Å². The zero-order valence-corrected chi connectivity index (χ0v) is 21.5. The Labute approximate surface area is 217 Å². The van der Waals surface area contributed by atoms with Gasteiger partial charge in [-0.25, -0.2) is 8.42 Å². The third-order valence-corrected chi connectivity index (χ3v) is 8.35. The molecule has 6 nitrogen and oxygen atoms in total. The largest absolute Gasteiger partial charge is 0.476 e. The van der Waals surface area contributed by atoms with Gasteiger partial charge in [-0.1, -0.05) is 84.4 Å².